The normalized spacial score (nSPS) is 12.0. The van der Waals surface area contributed by atoms with Crippen molar-refractivity contribution in [3.8, 4) is 5.75 Å². The zero-order valence-corrected chi connectivity index (χ0v) is 17.5. The predicted octanol–water partition coefficient (Wildman–Crippen LogP) is -0.576. The Balaban J connectivity index is 0.00000312. The first-order valence-corrected chi connectivity index (χ1v) is 8.73. The molecule has 7 heteroatoms. The number of rotatable bonds is 5. The number of benzene rings is 2. The van der Waals surface area contributed by atoms with E-state index in [-0.39, 0.29) is 35.1 Å². The fourth-order valence-corrected chi connectivity index (χ4v) is 2.88. The van der Waals surface area contributed by atoms with Crippen molar-refractivity contribution in [2.45, 2.75) is 13.8 Å². The van der Waals surface area contributed by atoms with Crippen LogP contribution in [0.15, 0.2) is 52.3 Å². The van der Waals surface area contributed by atoms with E-state index in [1.165, 1.54) is 13.2 Å². The number of ether oxygens (including phenoxy) is 1. The second-order valence-corrected chi connectivity index (χ2v) is 6.79. The Morgan fingerprint density at radius 2 is 1.88 bits per heavy atom. The van der Waals surface area contributed by atoms with Crippen LogP contribution in [-0.4, -0.2) is 21.4 Å². The molecule has 0 saturated carbocycles. The van der Waals surface area contributed by atoms with Gasteiger partial charge in [-0.1, -0.05) is 35.9 Å². The van der Waals surface area contributed by atoms with E-state index in [1.54, 1.807) is 43.3 Å². The van der Waals surface area contributed by atoms with Crippen LogP contribution in [0.25, 0.3) is 6.08 Å². The van der Waals surface area contributed by atoms with Crippen LogP contribution in [0, 0.1) is 13.8 Å². The summed E-state index contributed by atoms with van der Waals surface area (Å²) in [6.07, 6.45) is 1.37. The molecule has 0 aliphatic heterocycles. The molecule has 2 rings (SSSR count). The summed E-state index contributed by atoms with van der Waals surface area (Å²) in [6.45, 7) is 3.64. The van der Waals surface area contributed by atoms with Gasteiger partial charge in [0.05, 0.1) is 12.5 Å². The van der Waals surface area contributed by atoms with Crippen molar-refractivity contribution in [3.63, 3.8) is 0 Å². The molecular formula is C18H18NNaO4S. The third kappa shape index (κ3) is 6.32. The van der Waals surface area contributed by atoms with E-state index in [9.17, 15) is 13.5 Å². The molecule has 25 heavy (non-hydrogen) atoms. The van der Waals surface area contributed by atoms with Crippen molar-refractivity contribution in [1.82, 2.24) is 0 Å². The van der Waals surface area contributed by atoms with Crippen LogP contribution >= 0.6 is 0 Å². The molecule has 2 aromatic carbocycles. The SMILES string of the molecule is COc1cccc(/C=C/S(=O)(=O)/N=C(\[O-])c2ccc(C)cc2C)c1.[Na+]. The third-order valence-electron chi connectivity index (χ3n) is 3.35. The molecule has 0 bridgehead atoms. The van der Waals surface area contributed by atoms with E-state index in [0.29, 0.717) is 16.9 Å². The van der Waals surface area contributed by atoms with Gasteiger partial charge in [0.15, 0.2) is 0 Å². The monoisotopic (exact) mass is 367 g/mol. The molecule has 0 atom stereocenters. The second-order valence-electron chi connectivity index (χ2n) is 5.31. The minimum absolute atomic E-state index is 0. The van der Waals surface area contributed by atoms with Crippen LogP contribution in [0.1, 0.15) is 22.3 Å². The molecule has 0 fully saturated rings. The average Bonchev–Trinajstić information content (AvgIpc) is 2.52. The number of hydrogen-bond acceptors (Lipinski definition) is 4. The molecule has 5 nitrogen and oxygen atoms in total. The molecule has 0 unspecified atom stereocenters. The first-order valence-electron chi connectivity index (χ1n) is 7.22. The fraction of sp³-hybridized carbons (Fsp3) is 0.167. The van der Waals surface area contributed by atoms with Crippen LogP contribution in [0.5, 0.6) is 5.75 Å². The zero-order valence-electron chi connectivity index (χ0n) is 14.7. The maximum atomic E-state index is 12.1. The number of sulfonamides is 1. The van der Waals surface area contributed by atoms with Gasteiger partial charge in [-0.2, -0.15) is 12.8 Å². The molecule has 0 aromatic heterocycles. The Morgan fingerprint density at radius 1 is 1.16 bits per heavy atom. The van der Waals surface area contributed by atoms with Crippen molar-refractivity contribution in [3.05, 3.63) is 70.1 Å². The summed E-state index contributed by atoms with van der Waals surface area (Å²) in [4.78, 5) is 0. The van der Waals surface area contributed by atoms with Gasteiger partial charge in [-0.05, 0) is 48.7 Å². The summed E-state index contributed by atoms with van der Waals surface area (Å²) < 4.78 is 32.4. The average molecular weight is 367 g/mol. The van der Waals surface area contributed by atoms with E-state index < -0.39 is 15.9 Å². The van der Waals surface area contributed by atoms with E-state index in [0.717, 1.165) is 11.0 Å². The van der Waals surface area contributed by atoms with E-state index >= 15 is 0 Å². The predicted molar refractivity (Wildman–Crippen MR) is 93.4 cm³/mol. The van der Waals surface area contributed by atoms with Gasteiger partial charge in [-0.15, -0.1) is 0 Å². The van der Waals surface area contributed by atoms with Gasteiger partial charge in [-0.3, -0.25) is 0 Å². The quantitative estimate of drug-likeness (QED) is 0.403. The smallest absolute Gasteiger partial charge is 0.858 e. The minimum atomic E-state index is -4.02. The molecule has 0 radical (unpaired) electrons. The molecule has 0 heterocycles. The fourth-order valence-electron chi connectivity index (χ4n) is 2.16. The minimum Gasteiger partial charge on any atom is -0.858 e. The Labute approximate surface area is 170 Å². The first kappa shape index (κ1) is 21.4. The molecule has 126 valence electrons. The van der Waals surface area contributed by atoms with Gasteiger partial charge in [0.25, 0.3) is 10.0 Å². The molecule has 0 saturated heterocycles. The summed E-state index contributed by atoms with van der Waals surface area (Å²) in [6, 6.07) is 12.0. The Kier molecular flexibility index (Phi) is 7.89. The van der Waals surface area contributed by atoms with Gasteiger partial charge in [0.1, 0.15) is 5.75 Å². The van der Waals surface area contributed by atoms with Crippen LogP contribution in [0.4, 0.5) is 0 Å². The summed E-state index contributed by atoms with van der Waals surface area (Å²) >= 11 is 0. The summed E-state index contributed by atoms with van der Waals surface area (Å²) in [5.41, 5.74) is 2.59. The number of hydrogen-bond donors (Lipinski definition) is 0. The maximum Gasteiger partial charge on any atom is 1.00 e. The van der Waals surface area contributed by atoms with Crippen LogP contribution in [0.2, 0.25) is 0 Å². The van der Waals surface area contributed by atoms with Crippen LogP contribution in [-0.2, 0) is 10.0 Å². The van der Waals surface area contributed by atoms with Gasteiger partial charge >= 0.3 is 29.6 Å². The van der Waals surface area contributed by atoms with E-state index in [2.05, 4.69) is 4.40 Å². The first-order chi connectivity index (χ1) is 11.3. The standard InChI is InChI=1S/C18H19NO4S.Na/c1-13-7-8-17(14(2)11-13)18(20)19-24(21,22)10-9-15-5-4-6-16(12-15)23-3;/h4-12H,1-3H3,(H,19,20);/q;+1/p-1/b10-9+;. The van der Waals surface area contributed by atoms with Gasteiger partial charge in [0, 0.05) is 5.90 Å². The van der Waals surface area contributed by atoms with Gasteiger partial charge < -0.3 is 9.84 Å². The molecule has 0 amide bonds. The Morgan fingerprint density at radius 3 is 2.52 bits per heavy atom. The summed E-state index contributed by atoms with van der Waals surface area (Å²) in [5.74, 6) is -0.166. The van der Waals surface area contributed by atoms with Gasteiger partial charge in [0.2, 0.25) is 0 Å². The molecule has 0 aliphatic rings. The molecule has 0 spiro atoms. The molecule has 0 N–H and O–H groups in total. The van der Waals surface area contributed by atoms with Crippen molar-refractivity contribution in [2.24, 2.45) is 4.40 Å². The van der Waals surface area contributed by atoms with Crippen molar-refractivity contribution in [2.75, 3.05) is 7.11 Å². The van der Waals surface area contributed by atoms with Crippen molar-refractivity contribution >= 4 is 22.0 Å². The van der Waals surface area contributed by atoms with Crippen molar-refractivity contribution < 1.29 is 47.8 Å². The number of methoxy groups -OCH3 is 1. The largest absolute Gasteiger partial charge is 1.00 e. The number of nitrogens with zero attached hydrogens (tertiary/aromatic N) is 1. The second kappa shape index (κ2) is 9.20. The van der Waals surface area contributed by atoms with Crippen molar-refractivity contribution in [1.29, 1.82) is 0 Å². The van der Waals surface area contributed by atoms with Crippen LogP contribution < -0.4 is 39.4 Å². The summed E-state index contributed by atoms with van der Waals surface area (Å²) in [5, 5.41) is 13.0. The topological polar surface area (TPSA) is 78.8 Å². The van der Waals surface area contributed by atoms with Crippen LogP contribution in [0.3, 0.4) is 0 Å². The number of aryl methyl sites for hydroxylation is 2. The van der Waals surface area contributed by atoms with E-state index in [1.807, 2.05) is 13.0 Å². The third-order valence-corrected chi connectivity index (χ3v) is 4.25. The molecule has 2 aromatic rings. The van der Waals surface area contributed by atoms with E-state index in [4.69, 9.17) is 4.74 Å². The molecule has 0 aliphatic carbocycles. The zero-order chi connectivity index (χ0) is 17.7. The maximum absolute atomic E-state index is 12.1. The Bertz CT molecular complexity index is 905. The summed E-state index contributed by atoms with van der Waals surface area (Å²) in [7, 11) is -2.49. The Hall–Kier alpha value is -1.60. The molecular weight excluding hydrogens is 349 g/mol. The van der Waals surface area contributed by atoms with Gasteiger partial charge in [-0.25, -0.2) is 0 Å².